The Morgan fingerprint density at radius 2 is 2.21 bits per heavy atom. The molecule has 100 valence electrons. The molecule has 0 unspecified atom stereocenters. The minimum Gasteiger partial charge on any atom is -0.349 e. The average molecular weight is 261 g/mol. The fraction of sp³-hybridized carbons (Fsp3) is 0.333. The molecule has 0 atom stereocenters. The van der Waals surface area contributed by atoms with Crippen molar-refractivity contribution in [3.8, 4) is 0 Å². The van der Waals surface area contributed by atoms with Crippen molar-refractivity contribution in [3.05, 3.63) is 39.9 Å². The zero-order chi connectivity index (χ0) is 13.7. The van der Waals surface area contributed by atoms with E-state index in [0.717, 1.165) is 12.1 Å². The van der Waals surface area contributed by atoms with Crippen LogP contribution in [0.25, 0.3) is 0 Å². The second-order valence-corrected chi connectivity index (χ2v) is 4.05. The molecule has 1 N–H and O–H groups in total. The Hall–Kier alpha value is -2.44. The molecule has 0 bridgehead atoms. The highest BCUT2D eigenvalue weighted by molar-refractivity contribution is 5.92. The highest BCUT2D eigenvalue weighted by Gasteiger charge is 2.19. The number of nitro groups is 1. The highest BCUT2D eigenvalue weighted by atomic mass is 16.7. The molecule has 1 aromatic rings. The van der Waals surface area contributed by atoms with E-state index in [0.29, 0.717) is 13.1 Å². The molecule has 1 fully saturated rings. The number of guanidine groups is 1. The van der Waals surface area contributed by atoms with Crippen molar-refractivity contribution in [2.75, 3.05) is 13.1 Å². The van der Waals surface area contributed by atoms with E-state index in [-0.39, 0.29) is 5.96 Å². The van der Waals surface area contributed by atoms with Crippen LogP contribution in [0.1, 0.15) is 12.5 Å². The predicted octanol–water partition coefficient (Wildman–Crippen LogP) is 1.36. The van der Waals surface area contributed by atoms with Crippen LogP contribution in [0.4, 0.5) is 5.69 Å². The maximum Gasteiger partial charge on any atom is 0.276 e. The normalized spacial score (nSPS) is 17.1. The smallest absolute Gasteiger partial charge is 0.276 e. The van der Waals surface area contributed by atoms with Crippen molar-refractivity contribution in [1.82, 2.24) is 10.2 Å². The van der Waals surface area contributed by atoms with E-state index in [9.17, 15) is 10.1 Å². The van der Waals surface area contributed by atoms with Gasteiger partial charge in [0.05, 0.1) is 12.0 Å². The van der Waals surface area contributed by atoms with Gasteiger partial charge in [-0.1, -0.05) is 19.1 Å². The number of aryl methyl sites for hydroxylation is 1. The van der Waals surface area contributed by atoms with Crippen LogP contribution in [0.5, 0.6) is 0 Å². The molecule has 1 heterocycles. The van der Waals surface area contributed by atoms with Crippen molar-refractivity contribution in [3.63, 3.8) is 0 Å². The summed E-state index contributed by atoms with van der Waals surface area (Å²) in [6.45, 7) is 3.32. The number of hydrazone groups is 1. The second kappa shape index (κ2) is 5.94. The van der Waals surface area contributed by atoms with E-state index in [1.54, 1.807) is 11.2 Å². The van der Waals surface area contributed by atoms with Crippen molar-refractivity contribution in [2.24, 2.45) is 10.1 Å². The molecule has 1 saturated heterocycles. The highest BCUT2D eigenvalue weighted by Crippen LogP contribution is 2.13. The fourth-order valence-corrected chi connectivity index (χ4v) is 1.73. The van der Waals surface area contributed by atoms with E-state index >= 15 is 0 Å². The zero-order valence-corrected chi connectivity index (χ0v) is 10.6. The van der Waals surface area contributed by atoms with Crippen LogP contribution in [0, 0.1) is 10.1 Å². The van der Waals surface area contributed by atoms with Gasteiger partial charge in [-0.25, -0.2) is 15.1 Å². The van der Waals surface area contributed by atoms with Gasteiger partial charge in [0.1, 0.15) is 5.10 Å². The third-order valence-electron chi connectivity index (χ3n) is 2.78. The molecule has 2 rings (SSSR count). The number of aliphatic imine (C=N–C) groups is 1. The van der Waals surface area contributed by atoms with Gasteiger partial charge in [-0.2, -0.15) is 0 Å². The standard InChI is InChI=1S/C12H15N5O2/c1-2-10-3-5-11(6-4-10)14-9-16-8-7-13-12(16)15-17(18)19/h3-6,9H,2,7-8H2,1H3,(H,13,15). The molecule has 1 aromatic carbocycles. The Morgan fingerprint density at radius 3 is 2.84 bits per heavy atom. The Labute approximate surface area is 110 Å². The monoisotopic (exact) mass is 261 g/mol. The Balaban J connectivity index is 2.06. The molecule has 1 aliphatic heterocycles. The molecule has 0 amide bonds. The minimum atomic E-state index is -0.718. The van der Waals surface area contributed by atoms with E-state index in [4.69, 9.17) is 0 Å². The lowest BCUT2D eigenvalue weighted by Crippen LogP contribution is -2.29. The first-order valence-electron chi connectivity index (χ1n) is 6.05. The molecule has 0 saturated carbocycles. The molecule has 0 radical (unpaired) electrons. The molecule has 1 aliphatic rings. The quantitative estimate of drug-likeness (QED) is 0.384. The zero-order valence-electron chi connectivity index (χ0n) is 10.6. The summed E-state index contributed by atoms with van der Waals surface area (Å²) in [5.41, 5.74) is 2.06. The van der Waals surface area contributed by atoms with Gasteiger partial charge in [-0.15, -0.1) is 0 Å². The lowest BCUT2D eigenvalue weighted by molar-refractivity contribution is -0.485. The Morgan fingerprint density at radius 1 is 1.47 bits per heavy atom. The van der Waals surface area contributed by atoms with Gasteiger partial charge in [0.2, 0.25) is 0 Å². The van der Waals surface area contributed by atoms with E-state index < -0.39 is 5.03 Å². The van der Waals surface area contributed by atoms with Gasteiger partial charge < -0.3 is 5.32 Å². The van der Waals surface area contributed by atoms with Crippen LogP contribution in [0.2, 0.25) is 0 Å². The number of hydrogen-bond donors (Lipinski definition) is 1. The molecule has 0 aliphatic carbocycles. The second-order valence-electron chi connectivity index (χ2n) is 4.05. The number of hydrogen-bond acceptors (Lipinski definition) is 3. The van der Waals surface area contributed by atoms with Crippen LogP contribution in [0.3, 0.4) is 0 Å². The van der Waals surface area contributed by atoms with Gasteiger partial charge in [0, 0.05) is 13.1 Å². The largest absolute Gasteiger partial charge is 0.349 e. The molecule has 7 heteroatoms. The van der Waals surface area contributed by atoms with E-state index in [1.807, 2.05) is 24.3 Å². The molecule has 0 spiro atoms. The molecular weight excluding hydrogens is 246 g/mol. The summed E-state index contributed by atoms with van der Waals surface area (Å²) >= 11 is 0. The van der Waals surface area contributed by atoms with Crippen LogP contribution >= 0.6 is 0 Å². The first-order chi connectivity index (χ1) is 9.19. The van der Waals surface area contributed by atoms with Crippen LogP contribution in [-0.2, 0) is 6.42 Å². The maximum absolute atomic E-state index is 10.4. The average Bonchev–Trinajstić information content (AvgIpc) is 2.83. The van der Waals surface area contributed by atoms with Crippen molar-refractivity contribution < 1.29 is 5.03 Å². The van der Waals surface area contributed by atoms with Gasteiger partial charge in [0.25, 0.3) is 5.96 Å². The number of nitrogens with zero attached hydrogens (tertiary/aromatic N) is 4. The number of benzene rings is 1. The van der Waals surface area contributed by atoms with Crippen LogP contribution < -0.4 is 5.32 Å². The minimum absolute atomic E-state index is 0.221. The van der Waals surface area contributed by atoms with E-state index in [2.05, 4.69) is 22.3 Å². The molecule has 19 heavy (non-hydrogen) atoms. The van der Waals surface area contributed by atoms with Gasteiger partial charge in [0.15, 0.2) is 5.03 Å². The lowest BCUT2D eigenvalue weighted by atomic mass is 10.2. The fourth-order valence-electron chi connectivity index (χ4n) is 1.73. The van der Waals surface area contributed by atoms with E-state index in [1.165, 1.54) is 5.56 Å². The summed E-state index contributed by atoms with van der Waals surface area (Å²) in [6.07, 6.45) is 2.54. The van der Waals surface area contributed by atoms with Gasteiger partial charge >= 0.3 is 0 Å². The topological polar surface area (TPSA) is 83.1 Å². The number of nitrogens with one attached hydrogen (secondary N) is 1. The summed E-state index contributed by atoms with van der Waals surface area (Å²) in [4.78, 5) is 16.3. The molecular formula is C12H15N5O2. The van der Waals surface area contributed by atoms with Gasteiger partial charge in [-0.05, 0) is 24.1 Å². The number of rotatable bonds is 4. The summed E-state index contributed by atoms with van der Waals surface area (Å²) < 4.78 is 0. The van der Waals surface area contributed by atoms with Crippen molar-refractivity contribution in [2.45, 2.75) is 13.3 Å². The van der Waals surface area contributed by atoms with Gasteiger partial charge in [-0.3, -0.25) is 4.90 Å². The summed E-state index contributed by atoms with van der Waals surface area (Å²) in [6, 6.07) is 7.87. The molecule has 0 aromatic heterocycles. The maximum atomic E-state index is 10.4. The van der Waals surface area contributed by atoms with Crippen molar-refractivity contribution in [1.29, 1.82) is 0 Å². The summed E-state index contributed by atoms with van der Waals surface area (Å²) in [5.74, 6) is 0.221. The van der Waals surface area contributed by atoms with Crippen LogP contribution in [-0.4, -0.2) is 35.3 Å². The first kappa shape index (κ1) is 13.0. The Bertz CT molecular complexity index is 509. The predicted molar refractivity (Wildman–Crippen MR) is 73.1 cm³/mol. The third-order valence-corrected chi connectivity index (χ3v) is 2.78. The first-order valence-corrected chi connectivity index (χ1v) is 6.05. The van der Waals surface area contributed by atoms with Crippen molar-refractivity contribution >= 4 is 18.0 Å². The van der Waals surface area contributed by atoms with Crippen LogP contribution in [0.15, 0.2) is 34.4 Å². The SMILES string of the molecule is CCc1ccc(N=CN2CCN/C2=N/[N+](=O)[O-])cc1. The summed E-state index contributed by atoms with van der Waals surface area (Å²) in [7, 11) is 0. The third kappa shape index (κ3) is 3.51. The summed E-state index contributed by atoms with van der Waals surface area (Å²) in [5, 5.41) is 15.7. The molecule has 7 nitrogen and oxygen atoms in total. The lowest BCUT2D eigenvalue weighted by Gasteiger charge is -2.07. The Kier molecular flexibility index (Phi) is 4.07.